The second kappa shape index (κ2) is 8.25. The van der Waals surface area contributed by atoms with E-state index in [0.29, 0.717) is 5.92 Å². The summed E-state index contributed by atoms with van der Waals surface area (Å²) in [5, 5.41) is 2.97. The van der Waals surface area contributed by atoms with Crippen LogP contribution in [0, 0.1) is 5.92 Å². The molecule has 2 rings (SSSR count). The van der Waals surface area contributed by atoms with Crippen molar-refractivity contribution in [1.82, 2.24) is 9.88 Å². The van der Waals surface area contributed by atoms with Crippen LogP contribution in [0.1, 0.15) is 44.6 Å². The van der Waals surface area contributed by atoms with Crippen LogP contribution < -0.4 is 11.1 Å². The van der Waals surface area contributed by atoms with Crippen molar-refractivity contribution in [1.29, 1.82) is 0 Å². The molecule has 5 heteroatoms. The largest absolute Gasteiger partial charge is 0.330 e. The van der Waals surface area contributed by atoms with Crippen molar-refractivity contribution >= 4 is 11.7 Å². The summed E-state index contributed by atoms with van der Waals surface area (Å²) in [5.74, 6) is 1.21. The van der Waals surface area contributed by atoms with Crippen LogP contribution in [0.15, 0.2) is 18.3 Å². The summed E-state index contributed by atoms with van der Waals surface area (Å²) in [6, 6.07) is 4.06. The van der Waals surface area contributed by atoms with Gasteiger partial charge in [0.2, 0.25) is 5.91 Å². The van der Waals surface area contributed by atoms with Crippen molar-refractivity contribution in [2.45, 2.75) is 39.0 Å². The Morgan fingerprint density at radius 1 is 1.45 bits per heavy atom. The van der Waals surface area contributed by atoms with Gasteiger partial charge in [0, 0.05) is 12.1 Å². The van der Waals surface area contributed by atoms with Gasteiger partial charge in [0.05, 0.1) is 0 Å². The number of nitrogens with one attached hydrogen (secondary N) is 1. The Kier molecular flexibility index (Phi) is 6.34. The minimum absolute atomic E-state index is 0.0281. The lowest BCUT2D eigenvalue weighted by Crippen LogP contribution is -2.34. The molecular formula is C17H28N4O. The number of hydrogen-bond donors (Lipinski definition) is 2. The number of piperidine rings is 1. The van der Waals surface area contributed by atoms with Crippen LogP contribution in [-0.2, 0) is 4.79 Å². The summed E-state index contributed by atoms with van der Waals surface area (Å²) >= 11 is 0. The topological polar surface area (TPSA) is 71.2 Å². The zero-order valence-electron chi connectivity index (χ0n) is 13.7. The smallest absolute Gasteiger partial charge is 0.228 e. The molecule has 0 aliphatic carbocycles. The van der Waals surface area contributed by atoms with Gasteiger partial charge in [0.1, 0.15) is 5.82 Å². The molecule has 0 radical (unpaired) electrons. The second-order valence-electron chi connectivity index (χ2n) is 6.34. The van der Waals surface area contributed by atoms with E-state index in [4.69, 9.17) is 5.73 Å². The monoisotopic (exact) mass is 304 g/mol. The third-order valence-corrected chi connectivity index (χ3v) is 4.31. The fraction of sp³-hybridized carbons (Fsp3) is 0.647. The van der Waals surface area contributed by atoms with E-state index in [1.807, 2.05) is 19.9 Å². The molecule has 1 aliphatic rings. The molecule has 1 aliphatic heterocycles. The number of nitrogens with two attached hydrogens (primary N) is 1. The highest BCUT2D eigenvalue weighted by Crippen LogP contribution is 2.31. The number of amides is 1. The molecule has 1 saturated heterocycles. The number of pyridine rings is 1. The maximum Gasteiger partial charge on any atom is 0.228 e. The maximum absolute atomic E-state index is 11.9. The number of aromatic nitrogens is 1. The minimum Gasteiger partial charge on any atom is -0.330 e. The van der Waals surface area contributed by atoms with Gasteiger partial charge in [0.15, 0.2) is 0 Å². The van der Waals surface area contributed by atoms with Crippen molar-refractivity contribution < 1.29 is 4.79 Å². The molecule has 1 fully saturated rings. The highest BCUT2D eigenvalue weighted by atomic mass is 16.1. The first-order chi connectivity index (χ1) is 10.6. The molecule has 3 N–H and O–H groups in total. The second-order valence-corrected chi connectivity index (χ2v) is 6.34. The Bertz CT molecular complexity index is 481. The third-order valence-electron chi connectivity index (χ3n) is 4.31. The molecule has 122 valence electrons. The highest BCUT2D eigenvalue weighted by Gasteiger charge is 2.23. The van der Waals surface area contributed by atoms with Crippen molar-refractivity contribution in [2.75, 3.05) is 31.5 Å². The predicted octanol–water partition coefficient (Wildman–Crippen LogP) is 2.20. The van der Waals surface area contributed by atoms with Crippen LogP contribution >= 0.6 is 0 Å². The SMILES string of the molecule is CC(C)C(=O)Nc1ncccc1C1CCN(CCCN)CC1. The van der Waals surface area contributed by atoms with E-state index in [9.17, 15) is 4.79 Å². The van der Waals surface area contributed by atoms with E-state index in [1.165, 1.54) is 5.56 Å². The van der Waals surface area contributed by atoms with Crippen LogP contribution in [0.3, 0.4) is 0 Å². The number of anilines is 1. The summed E-state index contributed by atoms with van der Waals surface area (Å²) in [5.41, 5.74) is 6.76. The lowest BCUT2D eigenvalue weighted by molar-refractivity contribution is -0.118. The molecule has 0 bridgehead atoms. The van der Waals surface area contributed by atoms with Crippen molar-refractivity contribution in [3.63, 3.8) is 0 Å². The van der Waals surface area contributed by atoms with Gasteiger partial charge in [-0.2, -0.15) is 0 Å². The summed E-state index contributed by atoms with van der Waals surface area (Å²) < 4.78 is 0. The lowest BCUT2D eigenvalue weighted by Gasteiger charge is -2.32. The zero-order valence-corrected chi connectivity index (χ0v) is 13.7. The first kappa shape index (κ1) is 16.9. The van der Waals surface area contributed by atoms with Crippen LogP contribution in [-0.4, -0.2) is 42.0 Å². The molecule has 22 heavy (non-hydrogen) atoms. The number of rotatable bonds is 6. The van der Waals surface area contributed by atoms with E-state index < -0.39 is 0 Å². The van der Waals surface area contributed by atoms with Crippen LogP contribution in [0.2, 0.25) is 0 Å². The number of hydrogen-bond acceptors (Lipinski definition) is 4. The molecule has 0 unspecified atom stereocenters. The summed E-state index contributed by atoms with van der Waals surface area (Å²) in [6.45, 7) is 7.83. The minimum atomic E-state index is -0.0343. The molecule has 1 aromatic heterocycles. The van der Waals surface area contributed by atoms with Gasteiger partial charge in [0.25, 0.3) is 0 Å². The third kappa shape index (κ3) is 4.52. The van der Waals surface area contributed by atoms with Crippen molar-refractivity contribution in [3.05, 3.63) is 23.9 Å². The van der Waals surface area contributed by atoms with E-state index >= 15 is 0 Å². The summed E-state index contributed by atoms with van der Waals surface area (Å²) in [7, 11) is 0. The molecule has 2 heterocycles. The van der Waals surface area contributed by atoms with Gasteiger partial charge in [-0.15, -0.1) is 0 Å². The van der Waals surface area contributed by atoms with E-state index in [1.54, 1.807) is 6.20 Å². The Balaban J connectivity index is 1.99. The normalized spacial score (nSPS) is 16.9. The summed E-state index contributed by atoms with van der Waals surface area (Å²) in [6.07, 6.45) is 5.03. The Morgan fingerprint density at radius 3 is 2.82 bits per heavy atom. The lowest BCUT2D eigenvalue weighted by atomic mass is 9.89. The van der Waals surface area contributed by atoms with E-state index in [-0.39, 0.29) is 11.8 Å². The van der Waals surface area contributed by atoms with Crippen molar-refractivity contribution in [3.8, 4) is 0 Å². The van der Waals surface area contributed by atoms with Gasteiger partial charge in [-0.1, -0.05) is 19.9 Å². The van der Waals surface area contributed by atoms with Gasteiger partial charge < -0.3 is 16.0 Å². The number of likely N-dealkylation sites (tertiary alicyclic amines) is 1. The molecular weight excluding hydrogens is 276 g/mol. The fourth-order valence-electron chi connectivity index (χ4n) is 2.90. The van der Waals surface area contributed by atoms with E-state index in [2.05, 4.69) is 21.3 Å². The van der Waals surface area contributed by atoms with Crippen LogP contribution in [0.25, 0.3) is 0 Å². The average molecular weight is 304 g/mol. The standard InChI is InChI=1S/C17H28N4O/c1-13(2)17(22)20-16-15(5-3-9-19-16)14-6-11-21(12-7-14)10-4-8-18/h3,5,9,13-14H,4,6-8,10-12,18H2,1-2H3,(H,19,20,22). The molecule has 1 amide bonds. The molecule has 0 saturated carbocycles. The molecule has 0 aromatic carbocycles. The molecule has 5 nitrogen and oxygen atoms in total. The number of carbonyl (C=O) groups excluding carboxylic acids is 1. The Morgan fingerprint density at radius 2 is 2.18 bits per heavy atom. The zero-order chi connectivity index (χ0) is 15.9. The highest BCUT2D eigenvalue weighted by molar-refractivity contribution is 5.91. The van der Waals surface area contributed by atoms with Crippen molar-refractivity contribution in [2.24, 2.45) is 11.7 Å². The quantitative estimate of drug-likeness (QED) is 0.845. The predicted molar refractivity (Wildman–Crippen MR) is 89.8 cm³/mol. The molecule has 0 spiro atoms. The van der Waals surface area contributed by atoms with E-state index in [0.717, 1.165) is 51.3 Å². The van der Waals surface area contributed by atoms with Gasteiger partial charge in [-0.25, -0.2) is 4.98 Å². The van der Waals surface area contributed by atoms with Gasteiger partial charge in [-0.3, -0.25) is 4.79 Å². The number of carbonyl (C=O) groups is 1. The molecule has 0 atom stereocenters. The van der Waals surface area contributed by atoms with Crippen LogP contribution in [0.4, 0.5) is 5.82 Å². The Labute approximate surface area is 133 Å². The maximum atomic E-state index is 11.9. The first-order valence-electron chi connectivity index (χ1n) is 8.30. The molecule has 1 aromatic rings. The first-order valence-corrected chi connectivity index (χ1v) is 8.30. The van der Waals surface area contributed by atoms with Gasteiger partial charge >= 0.3 is 0 Å². The van der Waals surface area contributed by atoms with Gasteiger partial charge in [-0.05, 0) is 63.0 Å². The summed E-state index contributed by atoms with van der Waals surface area (Å²) in [4.78, 5) is 18.8. The average Bonchev–Trinajstić information content (AvgIpc) is 2.54. The number of nitrogens with zero attached hydrogens (tertiary/aromatic N) is 2. The van der Waals surface area contributed by atoms with Crippen LogP contribution in [0.5, 0.6) is 0 Å². The Hall–Kier alpha value is -1.46. The fourth-order valence-corrected chi connectivity index (χ4v) is 2.90.